The van der Waals surface area contributed by atoms with E-state index in [1.165, 1.54) is 11.8 Å². The zero-order valence-electron chi connectivity index (χ0n) is 20.6. The lowest BCUT2D eigenvalue weighted by atomic mass is 9.82. The van der Waals surface area contributed by atoms with Crippen LogP contribution in [0.5, 0.6) is 0 Å². The van der Waals surface area contributed by atoms with Gasteiger partial charge in [-0.15, -0.1) is 0 Å². The number of thioether (sulfide) groups is 1. The second-order valence-corrected chi connectivity index (χ2v) is 10.4. The average Bonchev–Trinajstić information content (AvgIpc) is 2.91. The summed E-state index contributed by atoms with van der Waals surface area (Å²) in [5.41, 5.74) is 4.17. The minimum atomic E-state index is -0.615. The Labute approximate surface area is 235 Å². The largest absolute Gasteiger partial charge is 0.353 e. The van der Waals surface area contributed by atoms with Crippen molar-refractivity contribution in [2.24, 2.45) is 0 Å². The lowest BCUT2D eigenvalue weighted by Gasteiger charge is -2.30. The maximum absolute atomic E-state index is 13.5. The van der Waals surface area contributed by atoms with Crippen LogP contribution in [0.2, 0.25) is 10.0 Å². The Hall–Kier alpha value is -3.70. The summed E-state index contributed by atoms with van der Waals surface area (Å²) in [4.78, 5) is 26.2. The molecule has 1 atom stereocenters. The molecule has 3 N–H and O–H groups in total. The number of benzene rings is 3. The monoisotopic (exact) mass is 562 g/mol. The number of carbonyl (C=O) groups is 2. The number of nitriles is 1. The third-order valence-electron chi connectivity index (χ3n) is 6.02. The third kappa shape index (κ3) is 6.22. The number of rotatable bonds is 7. The molecule has 9 heteroatoms. The zero-order chi connectivity index (χ0) is 27.2. The summed E-state index contributed by atoms with van der Waals surface area (Å²) in [6.07, 6.45) is 0. The van der Waals surface area contributed by atoms with Crippen molar-refractivity contribution in [3.05, 3.63) is 116 Å². The van der Waals surface area contributed by atoms with Crippen LogP contribution >= 0.6 is 35.0 Å². The van der Waals surface area contributed by atoms with E-state index in [2.05, 4.69) is 22.0 Å². The number of nitrogens with zero attached hydrogens (tertiary/aromatic N) is 1. The average molecular weight is 564 g/mol. The van der Waals surface area contributed by atoms with Crippen molar-refractivity contribution in [1.29, 1.82) is 5.26 Å². The maximum Gasteiger partial charge on any atom is 0.254 e. The Morgan fingerprint density at radius 3 is 2.37 bits per heavy atom. The van der Waals surface area contributed by atoms with Gasteiger partial charge in [-0.1, -0.05) is 71.4 Å². The number of dihydropyridines is 1. The Morgan fingerprint density at radius 1 is 0.974 bits per heavy atom. The van der Waals surface area contributed by atoms with Crippen molar-refractivity contribution in [2.45, 2.75) is 19.8 Å². The molecule has 0 saturated carbocycles. The van der Waals surface area contributed by atoms with Gasteiger partial charge in [0.05, 0.1) is 28.3 Å². The molecule has 38 heavy (non-hydrogen) atoms. The van der Waals surface area contributed by atoms with Crippen molar-refractivity contribution >= 4 is 58.2 Å². The smallest absolute Gasteiger partial charge is 0.254 e. The molecule has 0 aromatic heterocycles. The molecule has 2 amide bonds. The minimum Gasteiger partial charge on any atom is -0.353 e. The Bertz CT molecular complexity index is 1480. The zero-order valence-corrected chi connectivity index (χ0v) is 23.0. The fraction of sp³-hybridized carbons (Fsp3) is 0.138. The van der Waals surface area contributed by atoms with Gasteiger partial charge in [0, 0.05) is 32.7 Å². The molecule has 3 aromatic rings. The Morgan fingerprint density at radius 2 is 1.68 bits per heavy atom. The molecular weight excluding hydrogens is 539 g/mol. The number of amides is 2. The number of allylic oxidation sites excluding steroid dienone is 2. The van der Waals surface area contributed by atoms with Crippen LogP contribution < -0.4 is 16.0 Å². The predicted octanol–water partition coefficient (Wildman–Crippen LogP) is 7.01. The van der Waals surface area contributed by atoms with Crippen molar-refractivity contribution in [1.82, 2.24) is 5.32 Å². The molecule has 0 saturated heterocycles. The van der Waals surface area contributed by atoms with Gasteiger partial charge in [-0.05, 0) is 61.4 Å². The lowest BCUT2D eigenvalue weighted by Crippen LogP contribution is -2.31. The van der Waals surface area contributed by atoms with Gasteiger partial charge in [0.2, 0.25) is 5.91 Å². The van der Waals surface area contributed by atoms with E-state index < -0.39 is 5.92 Å². The van der Waals surface area contributed by atoms with Crippen LogP contribution in [-0.2, 0) is 9.59 Å². The van der Waals surface area contributed by atoms with E-state index in [0.29, 0.717) is 43.3 Å². The van der Waals surface area contributed by atoms with Crippen LogP contribution in [0.1, 0.15) is 24.0 Å². The highest BCUT2D eigenvalue weighted by Gasteiger charge is 2.34. The summed E-state index contributed by atoms with van der Waals surface area (Å²) in [5.74, 6) is -1.13. The summed E-state index contributed by atoms with van der Waals surface area (Å²) < 4.78 is 0. The standard InChI is InChI=1S/C29H24Cl2N4O2S/c1-17-23(31)9-6-10-24(17)35-25(36)16-38-29-22(15-32)27(19-7-4-3-5-8-19)26(18(2)33-29)28(37)34-21-13-11-20(30)12-14-21/h3-14,27,33H,16H2,1-2H3,(H,34,37)(H,35,36). The van der Waals surface area contributed by atoms with Gasteiger partial charge in [0.15, 0.2) is 0 Å². The van der Waals surface area contributed by atoms with E-state index in [9.17, 15) is 14.9 Å². The molecule has 0 aliphatic carbocycles. The van der Waals surface area contributed by atoms with Crippen LogP contribution in [0.3, 0.4) is 0 Å². The highest BCUT2D eigenvalue weighted by atomic mass is 35.5. The van der Waals surface area contributed by atoms with Crippen LogP contribution in [0.4, 0.5) is 11.4 Å². The van der Waals surface area contributed by atoms with E-state index >= 15 is 0 Å². The fourth-order valence-electron chi connectivity index (χ4n) is 4.10. The first-order chi connectivity index (χ1) is 18.3. The van der Waals surface area contributed by atoms with Gasteiger partial charge in [-0.25, -0.2) is 0 Å². The van der Waals surface area contributed by atoms with Crippen LogP contribution in [0, 0.1) is 18.3 Å². The third-order valence-corrected chi connectivity index (χ3v) is 7.70. The minimum absolute atomic E-state index is 0.0561. The van der Waals surface area contributed by atoms with Gasteiger partial charge in [0.1, 0.15) is 0 Å². The molecule has 6 nitrogen and oxygen atoms in total. The second-order valence-electron chi connectivity index (χ2n) is 8.57. The summed E-state index contributed by atoms with van der Waals surface area (Å²) in [5, 5.41) is 20.9. The van der Waals surface area contributed by atoms with E-state index in [1.54, 1.807) is 49.4 Å². The number of nitrogens with one attached hydrogen (secondary N) is 3. The first-order valence-corrected chi connectivity index (χ1v) is 13.4. The lowest BCUT2D eigenvalue weighted by molar-refractivity contribution is -0.114. The number of anilines is 2. The SMILES string of the molecule is CC1=C(C(=O)Nc2ccc(Cl)cc2)C(c2ccccc2)C(C#N)=C(SCC(=O)Nc2cccc(Cl)c2C)N1. The molecule has 0 bridgehead atoms. The number of halogens is 2. The maximum atomic E-state index is 13.5. The molecular formula is C29H24Cl2N4O2S. The highest BCUT2D eigenvalue weighted by molar-refractivity contribution is 8.03. The van der Waals surface area contributed by atoms with Gasteiger partial charge in [0.25, 0.3) is 5.91 Å². The molecule has 1 aliphatic heterocycles. The molecule has 0 fully saturated rings. The summed E-state index contributed by atoms with van der Waals surface area (Å²) in [6.45, 7) is 3.62. The second kappa shape index (κ2) is 12.2. The Kier molecular flexibility index (Phi) is 8.80. The number of carbonyl (C=O) groups excluding carboxylic acids is 2. The van der Waals surface area contributed by atoms with Crippen LogP contribution in [0.15, 0.2) is 94.7 Å². The van der Waals surface area contributed by atoms with E-state index in [0.717, 1.165) is 11.1 Å². The summed E-state index contributed by atoms with van der Waals surface area (Å²) in [6, 6.07) is 23.8. The molecule has 3 aromatic carbocycles. The van der Waals surface area contributed by atoms with Crippen molar-refractivity contribution in [2.75, 3.05) is 16.4 Å². The molecule has 4 rings (SSSR count). The first kappa shape index (κ1) is 27.3. The van der Waals surface area contributed by atoms with Crippen molar-refractivity contribution in [3.8, 4) is 6.07 Å². The Balaban J connectivity index is 1.61. The topological polar surface area (TPSA) is 94.0 Å². The molecule has 192 valence electrons. The first-order valence-electron chi connectivity index (χ1n) is 11.7. The highest BCUT2D eigenvalue weighted by Crippen LogP contribution is 2.41. The molecule has 0 radical (unpaired) electrons. The summed E-state index contributed by atoms with van der Waals surface area (Å²) >= 11 is 13.4. The predicted molar refractivity (Wildman–Crippen MR) is 155 cm³/mol. The van der Waals surface area contributed by atoms with Gasteiger partial charge in [-0.2, -0.15) is 5.26 Å². The van der Waals surface area contributed by atoms with Gasteiger partial charge < -0.3 is 16.0 Å². The van der Waals surface area contributed by atoms with Crippen molar-refractivity contribution in [3.63, 3.8) is 0 Å². The van der Waals surface area contributed by atoms with E-state index in [1.807, 2.05) is 37.3 Å². The van der Waals surface area contributed by atoms with Gasteiger partial charge in [-0.3, -0.25) is 9.59 Å². The fourth-order valence-corrected chi connectivity index (χ4v) is 5.30. The van der Waals surface area contributed by atoms with Crippen LogP contribution in [0.25, 0.3) is 0 Å². The van der Waals surface area contributed by atoms with Crippen molar-refractivity contribution < 1.29 is 9.59 Å². The quantitative estimate of drug-likeness (QED) is 0.288. The summed E-state index contributed by atoms with van der Waals surface area (Å²) in [7, 11) is 0. The van der Waals surface area contributed by atoms with Crippen LogP contribution in [-0.4, -0.2) is 17.6 Å². The van der Waals surface area contributed by atoms with Gasteiger partial charge >= 0.3 is 0 Å². The molecule has 1 unspecified atom stereocenters. The normalized spacial score (nSPS) is 15.0. The molecule has 0 spiro atoms. The van der Waals surface area contributed by atoms with E-state index in [4.69, 9.17) is 23.2 Å². The molecule has 1 heterocycles. The van der Waals surface area contributed by atoms with E-state index in [-0.39, 0.29) is 17.6 Å². The number of hydrogen-bond acceptors (Lipinski definition) is 5. The molecule has 1 aliphatic rings. The number of hydrogen-bond donors (Lipinski definition) is 3.